The Kier molecular flexibility index (Phi) is 6.76. The van der Waals surface area contributed by atoms with Crippen LogP contribution in [0.5, 0.6) is 11.5 Å². The number of hydrogen-bond donors (Lipinski definition) is 0. The van der Waals surface area contributed by atoms with Gasteiger partial charge in [0.2, 0.25) is 0 Å². The number of thiophene rings is 1. The molecular weight excluding hydrogens is 599 g/mol. The van der Waals surface area contributed by atoms with Gasteiger partial charge < -0.3 is 13.9 Å². The smallest absolute Gasteiger partial charge is 0.197 e. The molecule has 0 radical (unpaired) electrons. The van der Waals surface area contributed by atoms with E-state index >= 15 is 0 Å². The van der Waals surface area contributed by atoms with Crippen molar-refractivity contribution in [3.8, 4) is 44.2 Å². The number of fused-ring (bicyclic) bond motifs is 4. The van der Waals surface area contributed by atoms with Gasteiger partial charge in [0.25, 0.3) is 0 Å². The molecule has 3 heterocycles. The third-order valence-electron chi connectivity index (χ3n) is 8.69. The van der Waals surface area contributed by atoms with E-state index in [0.29, 0.717) is 13.2 Å². The lowest BCUT2D eigenvalue weighted by Gasteiger charge is -2.28. The first-order valence-electron chi connectivity index (χ1n) is 15.8. The SMILES string of the molecule is c1ccc(-c2ccccc2N(c2ccc(-c3cccc4c3oc3ccccc34)cc2)c2sc(-c3ccccc3)c3c2OCCO3)cc1. The zero-order valence-corrected chi connectivity index (χ0v) is 26.2. The first-order chi connectivity index (χ1) is 23.3. The maximum absolute atomic E-state index is 6.43. The summed E-state index contributed by atoms with van der Waals surface area (Å²) in [6.45, 7) is 1.02. The summed E-state index contributed by atoms with van der Waals surface area (Å²) < 4.78 is 19.1. The molecule has 0 unspecified atom stereocenters. The van der Waals surface area contributed by atoms with Gasteiger partial charge in [0, 0.05) is 27.6 Å². The Balaban J connectivity index is 1.23. The van der Waals surface area contributed by atoms with Crippen LogP contribution in [0.25, 0.3) is 54.6 Å². The molecule has 0 aliphatic carbocycles. The number of nitrogens with zero attached hydrogens (tertiary/aromatic N) is 1. The summed E-state index contributed by atoms with van der Waals surface area (Å²) >= 11 is 1.70. The standard InChI is InChI=1S/C42H29NO3S/c1-3-12-28(13-4-1)32-16-7-9-20-36(32)43(42-40-39(44-26-27-45-40)41(47-42)30-14-5-2-6-15-30)31-24-22-29(23-25-31)33-18-11-19-35-34-17-8-10-21-37(34)46-38(33)35/h1-25H,26-27H2. The number of para-hydroxylation sites is 3. The topological polar surface area (TPSA) is 34.8 Å². The van der Waals surface area contributed by atoms with E-state index < -0.39 is 0 Å². The number of benzene rings is 6. The predicted molar refractivity (Wildman–Crippen MR) is 194 cm³/mol. The molecule has 0 N–H and O–H groups in total. The van der Waals surface area contributed by atoms with Crippen LogP contribution < -0.4 is 14.4 Å². The third kappa shape index (κ3) is 4.75. The molecule has 4 nitrogen and oxygen atoms in total. The van der Waals surface area contributed by atoms with Crippen LogP contribution in [-0.2, 0) is 0 Å². The molecule has 0 fully saturated rings. The Morgan fingerprint density at radius 2 is 1.11 bits per heavy atom. The largest absolute Gasteiger partial charge is 0.485 e. The Bertz CT molecular complexity index is 2360. The van der Waals surface area contributed by atoms with Gasteiger partial charge in [0.15, 0.2) is 11.5 Å². The van der Waals surface area contributed by atoms with E-state index in [0.717, 1.165) is 82.5 Å². The van der Waals surface area contributed by atoms with Gasteiger partial charge in [-0.3, -0.25) is 4.90 Å². The van der Waals surface area contributed by atoms with E-state index in [2.05, 4.69) is 138 Å². The molecule has 1 aliphatic heterocycles. The average molecular weight is 628 g/mol. The Morgan fingerprint density at radius 3 is 1.91 bits per heavy atom. The molecule has 5 heteroatoms. The molecule has 0 saturated heterocycles. The molecule has 6 aromatic carbocycles. The molecule has 47 heavy (non-hydrogen) atoms. The second kappa shape index (κ2) is 11.5. The van der Waals surface area contributed by atoms with Gasteiger partial charge >= 0.3 is 0 Å². The van der Waals surface area contributed by atoms with Gasteiger partial charge in [0.05, 0.1) is 10.6 Å². The van der Waals surface area contributed by atoms with E-state index in [9.17, 15) is 0 Å². The average Bonchev–Trinajstić information content (AvgIpc) is 3.72. The number of ether oxygens (including phenoxy) is 2. The highest BCUT2D eigenvalue weighted by atomic mass is 32.1. The number of furan rings is 1. The zero-order chi connectivity index (χ0) is 31.2. The summed E-state index contributed by atoms with van der Waals surface area (Å²) in [7, 11) is 0. The minimum absolute atomic E-state index is 0.500. The van der Waals surface area contributed by atoms with Gasteiger partial charge in [0.1, 0.15) is 29.4 Å². The molecule has 0 spiro atoms. The van der Waals surface area contributed by atoms with Crippen molar-refractivity contribution in [2.75, 3.05) is 18.1 Å². The fourth-order valence-electron chi connectivity index (χ4n) is 6.52. The predicted octanol–water partition coefficient (Wildman–Crippen LogP) is 11.9. The van der Waals surface area contributed by atoms with Gasteiger partial charge in [-0.1, -0.05) is 127 Å². The second-order valence-electron chi connectivity index (χ2n) is 11.5. The number of rotatable bonds is 6. The summed E-state index contributed by atoms with van der Waals surface area (Å²) in [6, 6.07) is 52.9. The summed E-state index contributed by atoms with van der Waals surface area (Å²) in [6.07, 6.45) is 0. The second-order valence-corrected chi connectivity index (χ2v) is 12.5. The van der Waals surface area contributed by atoms with Crippen molar-refractivity contribution >= 4 is 49.7 Å². The van der Waals surface area contributed by atoms with E-state index in [1.807, 2.05) is 18.2 Å². The van der Waals surface area contributed by atoms with Crippen molar-refractivity contribution in [3.63, 3.8) is 0 Å². The van der Waals surface area contributed by atoms with Crippen LogP contribution in [0, 0.1) is 0 Å². The summed E-state index contributed by atoms with van der Waals surface area (Å²) in [5.74, 6) is 1.58. The maximum Gasteiger partial charge on any atom is 0.197 e. The van der Waals surface area contributed by atoms with Crippen molar-refractivity contribution in [2.24, 2.45) is 0 Å². The quantitative estimate of drug-likeness (QED) is 0.184. The molecular formula is C42H29NO3S. The summed E-state index contributed by atoms with van der Waals surface area (Å²) in [5.41, 5.74) is 9.42. The van der Waals surface area contributed by atoms with E-state index in [4.69, 9.17) is 13.9 Å². The minimum Gasteiger partial charge on any atom is -0.485 e. The molecule has 9 rings (SSSR count). The highest BCUT2D eigenvalue weighted by Gasteiger charge is 2.31. The van der Waals surface area contributed by atoms with Gasteiger partial charge in [-0.2, -0.15) is 0 Å². The van der Waals surface area contributed by atoms with Gasteiger partial charge in [-0.25, -0.2) is 0 Å². The first kappa shape index (κ1) is 27.5. The van der Waals surface area contributed by atoms with Crippen LogP contribution in [0.2, 0.25) is 0 Å². The molecule has 0 saturated carbocycles. The lowest BCUT2D eigenvalue weighted by molar-refractivity contribution is 0.175. The highest BCUT2D eigenvalue weighted by Crippen LogP contribution is 2.57. The molecule has 0 atom stereocenters. The lowest BCUT2D eigenvalue weighted by Crippen LogP contribution is -2.17. The minimum atomic E-state index is 0.500. The fourth-order valence-corrected chi connectivity index (χ4v) is 7.75. The summed E-state index contributed by atoms with van der Waals surface area (Å²) in [4.78, 5) is 3.38. The first-order valence-corrected chi connectivity index (χ1v) is 16.6. The van der Waals surface area contributed by atoms with Crippen molar-refractivity contribution in [2.45, 2.75) is 0 Å². The van der Waals surface area contributed by atoms with Crippen molar-refractivity contribution in [1.82, 2.24) is 0 Å². The molecule has 226 valence electrons. The van der Waals surface area contributed by atoms with Gasteiger partial charge in [-0.05, 0) is 41.0 Å². The van der Waals surface area contributed by atoms with Crippen LogP contribution >= 0.6 is 11.3 Å². The van der Waals surface area contributed by atoms with Crippen molar-refractivity contribution in [1.29, 1.82) is 0 Å². The third-order valence-corrected chi connectivity index (χ3v) is 9.88. The van der Waals surface area contributed by atoms with Crippen LogP contribution in [0.3, 0.4) is 0 Å². The van der Waals surface area contributed by atoms with E-state index in [1.165, 1.54) is 0 Å². The van der Waals surface area contributed by atoms with Crippen LogP contribution in [0.4, 0.5) is 16.4 Å². The lowest BCUT2D eigenvalue weighted by atomic mass is 10.0. The van der Waals surface area contributed by atoms with Crippen LogP contribution in [-0.4, -0.2) is 13.2 Å². The van der Waals surface area contributed by atoms with E-state index in [1.54, 1.807) is 11.3 Å². The summed E-state index contributed by atoms with van der Waals surface area (Å²) in [5, 5.41) is 3.23. The maximum atomic E-state index is 6.43. The van der Waals surface area contributed by atoms with Crippen molar-refractivity contribution < 1.29 is 13.9 Å². The van der Waals surface area contributed by atoms with Crippen molar-refractivity contribution in [3.05, 3.63) is 152 Å². The monoisotopic (exact) mass is 627 g/mol. The number of anilines is 3. The molecule has 0 amide bonds. The zero-order valence-electron chi connectivity index (χ0n) is 25.4. The van der Waals surface area contributed by atoms with E-state index in [-0.39, 0.29) is 0 Å². The Labute approximate surface area is 276 Å². The molecule has 8 aromatic rings. The Hall–Kier alpha value is -5.78. The molecule has 1 aliphatic rings. The highest BCUT2D eigenvalue weighted by molar-refractivity contribution is 7.20. The normalized spacial score (nSPS) is 12.4. The molecule has 2 aromatic heterocycles. The molecule has 0 bridgehead atoms. The van der Waals surface area contributed by atoms with Crippen LogP contribution in [0.15, 0.2) is 156 Å². The van der Waals surface area contributed by atoms with Crippen LogP contribution in [0.1, 0.15) is 0 Å². The fraction of sp³-hybridized carbons (Fsp3) is 0.0476. The Morgan fingerprint density at radius 1 is 0.489 bits per heavy atom. The van der Waals surface area contributed by atoms with Gasteiger partial charge in [-0.15, -0.1) is 11.3 Å². The number of hydrogen-bond acceptors (Lipinski definition) is 5.